The maximum absolute atomic E-state index is 12.6. The maximum Gasteiger partial charge on any atom is 0.326 e. The zero-order chi connectivity index (χ0) is 25.5. The lowest BCUT2D eigenvalue weighted by Crippen LogP contribution is -2.53. The van der Waals surface area contributed by atoms with E-state index in [1.807, 2.05) is 0 Å². The highest BCUT2D eigenvalue weighted by atomic mass is 16.4. The molecule has 0 saturated carbocycles. The zero-order valence-corrected chi connectivity index (χ0v) is 18.9. The fourth-order valence-corrected chi connectivity index (χ4v) is 3.04. The van der Waals surface area contributed by atoms with E-state index in [4.69, 9.17) is 16.6 Å². The van der Waals surface area contributed by atoms with Gasteiger partial charge in [0.1, 0.15) is 12.1 Å². The van der Waals surface area contributed by atoms with Crippen molar-refractivity contribution >= 4 is 29.7 Å². The quantitative estimate of drug-likeness (QED) is 0.140. The van der Waals surface area contributed by atoms with E-state index in [1.165, 1.54) is 0 Å². The van der Waals surface area contributed by atoms with Crippen LogP contribution in [0.3, 0.4) is 0 Å². The molecule has 1 aromatic rings. The van der Waals surface area contributed by atoms with Crippen molar-refractivity contribution in [2.24, 2.45) is 11.5 Å². The molecule has 0 saturated heterocycles. The number of unbranched alkanes of at least 4 members (excludes halogenated alkanes) is 1. The Hall–Kier alpha value is -3.51. The Kier molecular flexibility index (Phi) is 12.9. The molecule has 0 bridgehead atoms. The Balaban J connectivity index is 2.66. The van der Waals surface area contributed by atoms with Crippen LogP contribution in [0.25, 0.3) is 0 Å². The van der Waals surface area contributed by atoms with Gasteiger partial charge in [-0.15, -0.1) is 0 Å². The van der Waals surface area contributed by atoms with Gasteiger partial charge in [-0.25, -0.2) is 4.79 Å². The topological polar surface area (TPSA) is 214 Å². The number of benzene rings is 1. The summed E-state index contributed by atoms with van der Waals surface area (Å²) in [7, 11) is 0. The Bertz CT molecular complexity index is 834. The molecule has 12 heteroatoms. The second-order valence-electron chi connectivity index (χ2n) is 7.75. The number of hydrogen-bond donors (Lipinski definition) is 7. The van der Waals surface area contributed by atoms with Crippen molar-refractivity contribution in [1.29, 1.82) is 0 Å². The van der Waals surface area contributed by atoms with Crippen LogP contribution in [0.2, 0.25) is 0 Å². The number of nitrogens with two attached hydrogens (primary N) is 2. The average molecular weight is 480 g/mol. The highest BCUT2D eigenvalue weighted by molar-refractivity contribution is 5.92. The smallest absolute Gasteiger partial charge is 0.326 e. The molecule has 9 N–H and O–H groups in total. The Morgan fingerprint density at radius 1 is 0.882 bits per heavy atom. The van der Waals surface area contributed by atoms with E-state index >= 15 is 0 Å². The normalized spacial score (nSPS) is 13.2. The van der Waals surface area contributed by atoms with E-state index in [2.05, 4.69) is 16.0 Å². The number of hydrogen-bond acceptors (Lipinski definition) is 7. The number of carbonyl (C=O) groups is 5. The molecule has 0 aliphatic carbocycles. The molecule has 3 atom stereocenters. The van der Waals surface area contributed by atoms with Crippen LogP contribution in [-0.4, -0.2) is 71.1 Å². The zero-order valence-electron chi connectivity index (χ0n) is 18.9. The second-order valence-corrected chi connectivity index (χ2v) is 7.75. The fraction of sp³-hybridized carbons (Fsp3) is 0.500. The van der Waals surface area contributed by atoms with Gasteiger partial charge in [0.15, 0.2) is 0 Å². The molecule has 0 heterocycles. The molecule has 3 amide bonds. The van der Waals surface area contributed by atoms with Crippen LogP contribution in [0.5, 0.6) is 0 Å². The number of rotatable bonds is 16. The number of carboxylic acid groups (broad SMARTS) is 2. The van der Waals surface area contributed by atoms with E-state index in [9.17, 15) is 29.1 Å². The van der Waals surface area contributed by atoms with Gasteiger partial charge in [0.2, 0.25) is 17.7 Å². The molecule has 0 aliphatic rings. The van der Waals surface area contributed by atoms with Crippen LogP contribution >= 0.6 is 0 Å². The van der Waals surface area contributed by atoms with Crippen molar-refractivity contribution in [2.75, 3.05) is 13.1 Å². The summed E-state index contributed by atoms with van der Waals surface area (Å²) in [6.07, 6.45) is 1.02. The third-order valence-corrected chi connectivity index (χ3v) is 4.93. The maximum atomic E-state index is 12.6. The molecule has 0 aliphatic heterocycles. The summed E-state index contributed by atoms with van der Waals surface area (Å²) < 4.78 is 0. The second kappa shape index (κ2) is 15.3. The van der Waals surface area contributed by atoms with E-state index in [1.54, 1.807) is 30.3 Å². The fourth-order valence-electron chi connectivity index (χ4n) is 3.04. The molecule has 0 radical (unpaired) electrons. The van der Waals surface area contributed by atoms with Crippen LogP contribution in [-0.2, 0) is 30.4 Å². The monoisotopic (exact) mass is 479 g/mol. The predicted molar refractivity (Wildman–Crippen MR) is 122 cm³/mol. The summed E-state index contributed by atoms with van der Waals surface area (Å²) in [5.74, 6) is -4.36. The first-order valence-corrected chi connectivity index (χ1v) is 11.0. The molecule has 12 nitrogen and oxygen atoms in total. The molecule has 0 spiro atoms. The van der Waals surface area contributed by atoms with Gasteiger partial charge in [-0.3, -0.25) is 19.2 Å². The van der Waals surface area contributed by atoms with Gasteiger partial charge >= 0.3 is 11.9 Å². The average Bonchev–Trinajstić information content (AvgIpc) is 2.80. The van der Waals surface area contributed by atoms with Crippen molar-refractivity contribution in [2.45, 2.75) is 56.7 Å². The van der Waals surface area contributed by atoms with E-state index in [-0.39, 0.29) is 25.7 Å². The highest BCUT2D eigenvalue weighted by Gasteiger charge is 2.25. The summed E-state index contributed by atoms with van der Waals surface area (Å²) >= 11 is 0. The van der Waals surface area contributed by atoms with Gasteiger partial charge in [0, 0.05) is 12.8 Å². The lowest BCUT2D eigenvalue weighted by molar-refractivity contribution is -0.141. The largest absolute Gasteiger partial charge is 0.481 e. The van der Waals surface area contributed by atoms with E-state index in [0.717, 1.165) is 5.56 Å². The Morgan fingerprint density at radius 2 is 1.56 bits per heavy atom. The van der Waals surface area contributed by atoms with Gasteiger partial charge in [-0.05, 0) is 37.8 Å². The van der Waals surface area contributed by atoms with Crippen molar-refractivity contribution in [3.63, 3.8) is 0 Å². The molecule has 188 valence electrons. The van der Waals surface area contributed by atoms with Gasteiger partial charge in [0.25, 0.3) is 0 Å². The van der Waals surface area contributed by atoms with Crippen LogP contribution < -0.4 is 27.4 Å². The minimum Gasteiger partial charge on any atom is -0.481 e. The van der Waals surface area contributed by atoms with Crippen LogP contribution in [0, 0.1) is 0 Å². The minimum atomic E-state index is -1.22. The van der Waals surface area contributed by atoms with Crippen molar-refractivity contribution in [3.05, 3.63) is 35.9 Å². The number of carbonyl (C=O) groups excluding carboxylic acids is 3. The first-order chi connectivity index (χ1) is 16.1. The minimum absolute atomic E-state index is 0.0713. The molecule has 34 heavy (non-hydrogen) atoms. The van der Waals surface area contributed by atoms with Gasteiger partial charge < -0.3 is 37.6 Å². The lowest BCUT2D eigenvalue weighted by Gasteiger charge is -2.21. The van der Waals surface area contributed by atoms with E-state index in [0.29, 0.717) is 19.4 Å². The molecule has 1 aromatic carbocycles. The van der Waals surface area contributed by atoms with E-state index < -0.39 is 54.3 Å². The van der Waals surface area contributed by atoms with Gasteiger partial charge in [-0.2, -0.15) is 0 Å². The standard InChI is InChI=1S/C22H33N5O7/c23-11-5-4-8-16(27-20(31)15(24)9-10-19(29)30)21(32)25-13-18(28)26-17(22(33)34)12-14-6-2-1-3-7-14/h1-3,6-7,15-17H,4-5,8-13,23-24H2,(H,25,32)(H,26,28)(H,27,31)(H,29,30)(H,33,34). The molecular formula is C22H33N5O7. The van der Waals surface area contributed by atoms with Gasteiger partial charge in [-0.1, -0.05) is 30.3 Å². The SMILES string of the molecule is NCCCCC(NC(=O)C(N)CCC(=O)O)C(=O)NCC(=O)NC(Cc1ccccc1)C(=O)O. The predicted octanol–water partition coefficient (Wildman–Crippen LogP) is -1.28. The first kappa shape index (κ1) is 28.5. The number of aliphatic carboxylic acids is 2. The first-order valence-electron chi connectivity index (χ1n) is 11.0. The van der Waals surface area contributed by atoms with Crippen LogP contribution in [0.4, 0.5) is 0 Å². The van der Waals surface area contributed by atoms with Crippen molar-refractivity contribution in [1.82, 2.24) is 16.0 Å². The van der Waals surface area contributed by atoms with Gasteiger partial charge in [0.05, 0.1) is 12.6 Å². The van der Waals surface area contributed by atoms with Crippen molar-refractivity contribution < 1.29 is 34.2 Å². The highest BCUT2D eigenvalue weighted by Crippen LogP contribution is 2.05. The molecule has 0 aromatic heterocycles. The Labute approximate surface area is 197 Å². The molecule has 1 rings (SSSR count). The van der Waals surface area contributed by atoms with Crippen LogP contribution in [0.1, 0.15) is 37.7 Å². The molecule has 3 unspecified atom stereocenters. The third kappa shape index (κ3) is 11.4. The third-order valence-electron chi connectivity index (χ3n) is 4.93. The summed E-state index contributed by atoms with van der Waals surface area (Å²) in [5, 5.41) is 25.3. The van der Waals surface area contributed by atoms with Crippen LogP contribution in [0.15, 0.2) is 30.3 Å². The van der Waals surface area contributed by atoms with Crippen molar-refractivity contribution in [3.8, 4) is 0 Å². The number of nitrogens with one attached hydrogen (secondary N) is 3. The number of carboxylic acids is 2. The summed E-state index contributed by atoms with van der Waals surface area (Å²) in [5.41, 5.74) is 11.9. The summed E-state index contributed by atoms with van der Waals surface area (Å²) in [6, 6.07) is 5.46. The lowest BCUT2D eigenvalue weighted by atomic mass is 10.1. The number of amides is 3. The Morgan fingerprint density at radius 3 is 2.15 bits per heavy atom. The summed E-state index contributed by atoms with van der Waals surface area (Å²) in [6.45, 7) is -0.105. The molecular weight excluding hydrogens is 446 g/mol. The molecule has 0 fully saturated rings. The summed E-state index contributed by atoms with van der Waals surface area (Å²) in [4.78, 5) is 59.3.